The predicted octanol–water partition coefficient (Wildman–Crippen LogP) is 1.09. The van der Waals surface area contributed by atoms with Crippen molar-refractivity contribution in [3.63, 3.8) is 0 Å². The summed E-state index contributed by atoms with van der Waals surface area (Å²) in [7, 11) is 0. The highest BCUT2D eigenvalue weighted by molar-refractivity contribution is 5.72. The Balaban J connectivity index is 2.79. The molecule has 0 aliphatic rings. The fourth-order valence-electron chi connectivity index (χ4n) is 0.848. The van der Waals surface area contributed by atoms with E-state index in [2.05, 4.69) is 10.4 Å². The summed E-state index contributed by atoms with van der Waals surface area (Å²) in [6, 6.07) is 6.97. The first kappa shape index (κ1) is 5.86. The van der Waals surface area contributed by atoms with Crippen LogP contribution in [0, 0.1) is 11.3 Å². The van der Waals surface area contributed by atoms with Crippen LogP contribution in [0.2, 0.25) is 0 Å². The maximum absolute atomic E-state index is 8.50. The fraction of sp³-hybridized carbons (Fsp3) is 0. The van der Waals surface area contributed by atoms with E-state index in [1.54, 1.807) is 18.2 Å². The highest BCUT2D eigenvalue weighted by Crippen LogP contribution is 2.11. The lowest BCUT2D eigenvalue weighted by Gasteiger charge is -1.83. The SMILES string of the molecule is N#Cc1ccc2nnoc2c1. The molecule has 0 aliphatic carbocycles. The molecule has 0 N–H and O–H groups in total. The van der Waals surface area contributed by atoms with Crippen molar-refractivity contribution in [2.45, 2.75) is 0 Å². The van der Waals surface area contributed by atoms with Gasteiger partial charge in [-0.1, -0.05) is 0 Å². The van der Waals surface area contributed by atoms with Crippen LogP contribution in [-0.4, -0.2) is 10.4 Å². The van der Waals surface area contributed by atoms with Crippen LogP contribution in [0.5, 0.6) is 0 Å². The van der Waals surface area contributed by atoms with Gasteiger partial charge in [0.1, 0.15) is 5.52 Å². The van der Waals surface area contributed by atoms with E-state index in [1.807, 2.05) is 6.07 Å². The summed E-state index contributed by atoms with van der Waals surface area (Å²) in [6.07, 6.45) is 0. The van der Waals surface area contributed by atoms with Gasteiger partial charge in [-0.2, -0.15) is 5.26 Å². The van der Waals surface area contributed by atoms with Crippen molar-refractivity contribution in [3.05, 3.63) is 23.8 Å². The Morgan fingerprint density at radius 3 is 3.18 bits per heavy atom. The van der Waals surface area contributed by atoms with Gasteiger partial charge in [-0.05, 0) is 12.1 Å². The molecular weight excluding hydrogens is 142 g/mol. The van der Waals surface area contributed by atoms with E-state index >= 15 is 0 Å². The zero-order chi connectivity index (χ0) is 7.68. The maximum Gasteiger partial charge on any atom is 0.188 e. The molecule has 2 rings (SSSR count). The molecule has 52 valence electrons. The second-order valence-electron chi connectivity index (χ2n) is 2.07. The zero-order valence-electron chi connectivity index (χ0n) is 5.48. The molecule has 2 aromatic rings. The molecule has 4 heteroatoms. The predicted molar refractivity (Wildman–Crippen MR) is 36.5 cm³/mol. The van der Waals surface area contributed by atoms with Gasteiger partial charge in [0.2, 0.25) is 0 Å². The van der Waals surface area contributed by atoms with Gasteiger partial charge in [-0.15, -0.1) is 5.10 Å². The molecule has 0 aliphatic heterocycles. The normalized spacial score (nSPS) is 9.73. The van der Waals surface area contributed by atoms with Crippen LogP contribution in [0.1, 0.15) is 5.56 Å². The van der Waals surface area contributed by atoms with Crippen molar-refractivity contribution in [2.75, 3.05) is 0 Å². The lowest BCUT2D eigenvalue weighted by Crippen LogP contribution is -1.72. The minimum atomic E-state index is 0.545. The van der Waals surface area contributed by atoms with Gasteiger partial charge >= 0.3 is 0 Å². The molecule has 0 fully saturated rings. The third-order valence-corrected chi connectivity index (χ3v) is 1.38. The summed E-state index contributed by atoms with van der Waals surface area (Å²) < 4.78 is 4.75. The molecule has 4 nitrogen and oxygen atoms in total. The molecule has 0 bridgehead atoms. The number of fused-ring (bicyclic) bond motifs is 1. The van der Waals surface area contributed by atoms with E-state index in [1.165, 1.54) is 0 Å². The lowest BCUT2D eigenvalue weighted by molar-refractivity contribution is 0.424. The van der Waals surface area contributed by atoms with Crippen molar-refractivity contribution in [2.24, 2.45) is 0 Å². The van der Waals surface area contributed by atoms with E-state index in [4.69, 9.17) is 9.78 Å². The smallest absolute Gasteiger partial charge is 0.188 e. The maximum atomic E-state index is 8.50. The lowest BCUT2D eigenvalue weighted by atomic mass is 10.2. The molecule has 0 radical (unpaired) electrons. The van der Waals surface area contributed by atoms with Crippen LogP contribution < -0.4 is 0 Å². The van der Waals surface area contributed by atoms with E-state index in [9.17, 15) is 0 Å². The third kappa shape index (κ3) is 0.829. The van der Waals surface area contributed by atoms with E-state index in [0.717, 1.165) is 0 Å². The molecule has 0 spiro atoms. The Morgan fingerprint density at radius 1 is 1.45 bits per heavy atom. The van der Waals surface area contributed by atoms with Gasteiger partial charge in [0, 0.05) is 11.3 Å². The number of nitrogens with zero attached hydrogens (tertiary/aromatic N) is 3. The Hall–Kier alpha value is -1.89. The van der Waals surface area contributed by atoms with Crippen molar-refractivity contribution >= 4 is 11.1 Å². The number of aromatic nitrogens is 2. The van der Waals surface area contributed by atoms with Gasteiger partial charge in [-0.25, -0.2) is 0 Å². The van der Waals surface area contributed by atoms with E-state index in [-0.39, 0.29) is 0 Å². The molecule has 0 saturated carbocycles. The second-order valence-corrected chi connectivity index (χ2v) is 2.07. The standard InChI is InChI=1S/C7H3N3O/c8-4-5-1-2-6-7(3-5)11-10-9-6/h1-3H. The average molecular weight is 145 g/mol. The Kier molecular flexibility index (Phi) is 1.10. The monoisotopic (exact) mass is 145 g/mol. The number of benzene rings is 1. The molecule has 1 aromatic heterocycles. The van der Waals surface area contributed by atoms with Crippen molar-refractivity contribution in [1.29, 1.82) is 5.26 Å². The summed E-state index contributed by atoms with van der Waals surface area (Å²) in [5.41, 5.74) is 1.77. The van der Waals surface area contributed by atoms with Gasteiger partial charge in [0.05, 0.1) is 11.6 Å². The number of hydrogen-bond donors (Lipinski definition) is 0. The Morgan fingerprint density at radius 2 is 2.36 bits per heavy atom. The summed E-state index contributed by atoms with van der Waals surface area (Å²) in [5, 5.41) is 15.5. The zero-order valence-corrected chi connectivity index (χ0v) is 5.48. The van der Waals surface area contributed by atoms with Gasteiger partial charge in [-0.3, -0.25) is 0 Å². The van der Waals surface area contributed by atoms with Crippen LogP contribution >= 0.6 is 0 Å². The molecule has 1 aromatic carbocycles. The quantitative estimate of drug-likeness (QED) is 0.556. The summed E-state index contributed by atoms with van der Waals surface area (Å²) >= 11 is 0. The van der Waals surface area contributed by atoms with Gasteiger partial charge < -0.3 is 4.52 Å². The third-order valence-electron chi connectivity index (χ3n) is 1.38. The highest BCUT2D eigenvalue weighted by Gasteiger charge is 1.99. The minimum absolute atomic E-state index is 0.545. The average Bonchev–Trinajstić information content (AvgIpc) is 2.50. The summed E-state index contributed by atoms with van der Waals surface area (Å²) in [6.45, 7) is 0. The fourth-order valence-corrected chi connectivity index (χ4v) is 0.848. The Labute approximate surface area is 62.0 Å². The number of hydrogen-bond acceptors (Lipinski definition) is 4. The number of rotatable bonds is 0. The van der Waals surface area contributed by atoms with Gasteiger partial charge in [0.25, 0.3) is 0 Å². The molecular formula is C7H3N3O. The largest absolute Gasteiger partial charge is 0.337 e. The van der Waals surface area contributed by atoms with Crippen LogP contribution in [-0.2, 0) is 0 Å². The topological polar surface area (TPSA) is 62.7 Å². The Bertz CT molecular complexity index is 426. The molecule has 0 unspecified atom stereocenters. The van der Waals surface area contributed by atoms with Crippen LogP contribution in [0.4, 0.5) is 0 Å². The second kappa shape index (κ2) is 2.06. The minimum Gasteiger partial charge on any atom is -0.337 e. The van der Waals surface area contributed by atoms with Crippen molar-refractivity contribution in [1.82, 2.24) is 10.4 Å². The van der Waals surface area contributed by atoms with Crippen LogP contribution in [0.25, 0.3) is 11.1 Å². The van der Waals surface area contributed by atoms with Crippen molar-refractivity contribution < 1.29 is 4.52 Å². The van der Waals surface area contributed by atoms with Crippen LogP contribution in [0.15, 0.2) is 22.7 Å². The molecule has 0 atom stereocenters. The summed E-state index contributed by atoms with van der Waals surface area (Å²) in [5.74, 6) is 0. The van der Waals surface area contributed by atoms with Crippen molar-refractivity contribution in [3.8, 4) is 6.07 Å². The summed E-state index contributed by atoms with van der Waals surface area (Å²) in [4.78, 5) is 0. The van der Waals surface area contributed by atoms with E-state index < -0.39 is 0 Å². The van der Waals surface area contributed by atoms with Crippen LogP contribution in [0.3, 0.4) is 0 Å². The first-order chi connectivity index (χ1) is 5.40. The molecule has 0 saturated heterocycles. The number of nitriles is 1. The molecule has 0 amide bonds. The molecule has 11 heavy (non-hydrogen) atoms. The van der Waals surface area contributed by atoms with Gasteiger partial charge in [0.15, 0.2) is 5.58 Å². The van der Waals surface area contributed by atoms with E-state index in [0.29, 0.717) is 16.7 Å². The first-order valence-corrected chi connectivity index (χ1v) is 3.02. The first-order valence-electron chi connectivity index (χ1n) is 3.02. The molecule has 1 heterocycles. The highest BCUT2D eigenvalue weighted by atomic mass is 16.5.